The van der Waals surface area contributed by atoms with Gasteiger partial charge in [-0.25, -0.2) is 4.79 Å². The topological polar surface area (TPSA) is 26.3 Å². The Morgan fingerprint density at radius 3 is 1.61 bits per heavy atom. The van der Waals surface area contributed by atoms with Crippen LogP contribution in [0.4, 0.5) is 0 Å². The average Bonchev–Trinajstić information content (AvgIpc) is 2.70. The molecule has 0 heterocycles. The predicted molar refractivity (Wildman–Crippen MR) is 137 cm³/mol. The second-order valence-electron chi connectivity index (χ2n) is 8.57. The van der Waals surface area contributed by atoms with Gasteiger partial charge in [-0.05, 0) is 99.3 Å². The van der Waals surface area contributed by atoms with E-state index in [-0.39, 0.29) is 5.97 Å². The van der Waals surface area contributed by atoms with Crippen LogP contribution in [0.3, 0.4) is 0 Å². The highest BCUT2D eigenvalue weighted by Crippen LogP contribution is 2.14. The molecule has 0 rings (SSSR count). The second-order valence-corrected chi connectivity index (χ2v) is 8.57. The number of unbranched alkanes of at least 4 members (excludes halogenated alkanes) is 1. The zero-order chi connectivity index (χ0) is 23.5. The standard InChI is InChI=1S/C29H46O2/c1-8-15-28(29(30)31-9-2)23-14-22-26(6)18-11-10-17-25(5)20-13-21-27(7)19-12-16-24(3)4/h8,16-18,21,23H,1,9-15,19-20,22H2,2-7H3/b25-17+,26-18+,27-21+,28-23-. The smallest absolute Gasteiger partial charge is 0.333 e. The van der Waals surface area contributed by atoms with Crippen LogP contribution in [0.25, 0.3) is 0 Å². The highest BCUT2D eigenvalue weighted by Gasteiger charge is 2.07. The van der Waals surface area contributed by atoms with Gasteiger partial charge >= 0.3 is 5.97 Å². The molecule has 31 heavy (non-hydrogen) atoms. The van der Waals surface area contributed by atoms with E-state index in [9.17, 15) is 4.79 Å². The van der Waals surface area contributed by atoms with Gasteiger partial charge in [0.25, 0.3) is 0 Å². The molecule has 0 aromatic rings. The molecule has 2 nitrogen and oxygen atoms in total. The SMILES string of the molecule is C=CC/C(=C/CC/C(C)=C/CC/C=C(\C)CC/C=C(\C)CCC=C(C)C)C(=O)OCC. The molecule has 0 aliphatic heterocycles. The normalized spacial score (nSPS) is 13.2. The summed E-state index contributed by atoms with van der Waals surface area (Å²) in [6.45, 7) is 16.9. The molecule has 0 aromatic carbocycles. The fourth-order valence-corrected chi connectivity index (χ4v) is 3.20. The number of rotatable bonds is 16. The van der Waals surface area contributed by atoms with Gasteiger partial charge in [-0.3, -0.25) is 0 Å². The van der Waals surface area contributed by atoms with E-state index < -0.39 is 0 Å². The summed E-state index contributed by atoms with van der Waals surface area (Å²) >= 11 is 0. The van der Waals surface area contributed by atoms with E-state index in [4.69, 9.17) is 4.74 Å². The third-order valence-corrected chi connectivity index (χ3v) is 5.11. The third-order valence-electron chi connectivity index (χ3n) is 5.11. The van der Waals surface area contributed by atoms with E-state index in [0.29, 0.717) is 18.6 Å². The molecule has 0 aliphatic carbocycles. The number of carbonyl (C=O) groups is 1. The Bertz CT molecular complexity index is 680. The van der Waals surface area contributed by atoms with Gasteiger partial charge < -0.3 is 4.74 Å². The van der Waals surface area contributed by atoms with Crippen molar-refractivity contribution >= 4 is 5.97 Å². The summed E-state index contributed by atoms with van der Waals surface area (Å²) in [6, 6.07) is 0. The van der Waals surface area contributed by atoms with Gasteiger partial charge in [-0.2, -0.15) is 0 Å². The van der Waals surface area contributed by atoms with E-state index >= 15 is 0 Å². The first-order valence-corrected chi connectivity index (χ1v) is 11.9. The van der Waals surface area contributed by atoms with Crippen LogP contribution in [0.5, 0.6) is 0 Å². The van der Waals surface area contributed by atoms with Crippen LogP contribution in [0.15, 0.2) is 70.9 Å². The van der Waals surface area contributed by atoms with Crippen molar-refractivity contribution in [3.05, 3.63) is 70.9 Å². The monoisotopic (exact) mass is 426 g/mol. The van der Waals surface area contributed by atoms with Crippen molar-refractivity contribution in [3.8, 4) is 0 Å². The maximum Gasteiger partial charge on any atom is 0.333 e. The number of hydrogen-bond donors (Lipinski definition) is 0. The Morgan fingerprint density at radius 1 is 0.710 bits per heavy atom. The summed E-state index contributed by atoms with van der Waals surface area (Å²) in [7, 11) is 0. The first-order chi connectivity index (χ1) is 14.8. The Balaban J connectivity index is 4.27. The number of allylic oxidation sites excluding steroid dienone is 10. The maximum absolute atomic E-state index is 11.9. The van der Waals surface area contributed by atoms with Crippen LogP contribution >= 0.6 is 0 Å². The number of ether oxygens (including phenoxy) is 1. The summed E-state index contributed by atoms with van der Waals surface area (Å²) in [6.07, 6.45) is 22.3. The molecule has 0 aromatic heterocycles. The molecular weight excluding hydrogens is 380 g/mol. The van der Waals surface area contributed by atoms with Crippen LogP contribution in [-0.4, -0.2) is 12.6 Å². The summed E-state index contributed by atoms with van der Waals surface area (Å²) in [5.41, 5.74) is 6.47. The molecule has 0 saturated carbocycles. The van der Waals surface area contributed by atoms with Crippen molar-refractivity contribution < 1.29 is 9.53 Å². The molecule has 174 valence electrons. The summed E-state index contributed by atoms with van der Waals surface area (Å²) in [5.74, 6) is -0.220. The lowest BCUT2D eigenvalue weighted by Crippen LogP contribution is -2.07. The Labute approximate surface area is 192 Å². The highest BCUT2D eigenvalue weighted by molar-refractivity contribution is 5.88. The van der Waals surface area contributed by atoms with Gasteiger partial charge in [0.05, 0.1) is 6.61 Å². The molecule has 0 atom stereocenters. The van der Waals surface area contributed by atoms with E-state index in [2.05, 4.69) is 65.5 Å². The molecule has 0 saturated heterocycles. The van der Waals surface area contributed by atoms with Gasteiger partial charge in [-0.1, -0.05) is 58.7 Å². The first kappa shape index (κ1) is 28.9. The lowest BCUT2D eigenvalue weighted by atomic mass is 10.0. The summed E-state index contributed by atoms with van der Waals surface area (Å²) in [4.78, 5) is 11.9. The Kier molecular flexibility index (Phi) is 17.4. The average molecular weight is 427 g/mol. The van der Waals surface area contributed by atoms with Crippen molar-refractivity contribution in [1.82, 2.24) is 0 Å². The van der Waals surface area contributed by atoms with E-state index in [1.165, 1.54) is 28.7 Å². The largest absolute Gasteiger partial charge is 0.463 e. The quantitative estimate of drug-likeness (QED) is 0.106. The van der Waals surface area contributed by atoms with Crippen LogP contribution < -0.4 is 0 Å². The maximum atomic E-state index is 11.9. The summed E-state index contributed by atoms with van der Waals surface area (Å²) in [5, 5.41) is 0. The molecule has 0 aliphatic rings. The fourth-order valence-electron chi connectivity index (χ4n) is 3.20. The molecule has 0 spiro atoms. The van der Waals surface area contributed by atoms with Gasteiger partial charge in [0.1, 0.15) is 0 Å². The highest BCUT2D eigenvalue weighted by atomic mass is 16.5. The van der Waals surface area contributed by atoms with E-state index in [0.717, 1.165) is 44.9 Å². The van der Waals surface area contributed by atoms with Gasteiger partial charge in [0.15, 0.2) is 0 Å². The first-order valence-electron chi connectivity index (χ1n) is 11.9. The van der Waals surface area contributed by atoms with Gasteiger partial charge in [-0.15, -0.1) is 6.58 Å². The lowest BCUT2D eigenvalue weighted by molar-refractivity contribution is -0.138. The molecule has 0 amide bonds. The van der Waals surface area contributed by atoms with Crippen LogP contribution in [0.1, 0.15) is 99.3 Å². The van der Waals surface area contributed by atoms with Crippen LogP contribution in [0, 0.1) is 0 Å². The van der Waals surface area contributed by atoms with Crippen molar-refractivity contribution in [1.29, 1.82) is 0 Å². The molecule has 0 unspecified atom stereocenters. The Morgan fingerprint density at radius 2 is 1.16 bits per heavy atom. The zero-order valence-electron chi connectivity index (χ0n) is 21.1. The minimum absolute atomic E-state index is 0.220. The number of hydrogen-bond acceptors (Lipinski definition) is 2. The molecular formula is C29H46O2. The van der Waals surface area contributed by atoms with Gasteiger partial charge in [0.2, 0.25) is 0 Å². The van der Waals surface area contributed by atoms with Crippen molar-refractivity contribution in [2.45, 2.75) is 99.3 Å². The predicted octanol–water partition coefficient (Wildman–Crippen LogP) is 8.98. The number of esters is 1. The fraction of sp³-hybridized carbons (Fsp3) is 0.552. The van der Waals surface area contributed by atoms with Crippen molar-refractivity contribution in [2.24, 2.45) is 0 Å². The zero-order valence-corrected chi connectivity index (χ0v) is 21.1. The molecule has 0 fully saturated rings. The summed E-state index contributed by atoms with van der Waals surface area (Å²) < 4.78 is 5.10. The van der Waals surface area contributed by atoms with E-state index in [1.807, 2.05) is 13.0 Å². The third kappa shape index (κ3) is 17.3. The molecule has 0 radical (unpaired) electrons. The lowest BCUT2D eigenvalue weighted by Gasteiger charge is -2.05. The Hall–Kier alpha value is -2.09. The molecule has 2 heteroatoms. The van der Waals surface area contributed by atoms with Gasteiger partial charge in [0, 0.05) is 5.57 Å². The minimum atomic E-state index is -0.220. The minimum Gasteiger partial charge on any atom is -0.463 e. The van der Waals surface area contributed by atoms with Crippen LogP contribution in [-0.2, 0) is 9.53 Å². The van der Waals surface area contributed by atoms with Crippen molar-refractivity contribution in [2.75, 3.05) is 6.61 Å². The second kappa shape index (κ2) is 18.7. The van der Waals surface area contributed by atoms with Crippen LogP contribution in [0.2, 0.25) is 0 Å². The van der Waals surface area contributed by atoms with E-state index in [1.54, 1.807) is 6.08 Å². The van der Waals surface area contributed by atoms with Crippen molar-refractivity contribution in [3.63, 3.8) is 0 Å². The molecule has 0 N–H and O–H groups in total. The number of carbonyl (C=O) groups excluding carboxylic acids is 1. The molecule has 0 bridgehead atoms.